The van der Waals surface area contributed by atoms with Crippen LogP contribution >= 0.6 is 0 Å². The van der Waals surface area contributed by atoms with E-state index in [0.29, 0.717) is 0 Å². The van der Waals surface area contributed by atoms with Gasteiger partial charge in [0.25, 0.3) is 8.32 Å². The van der Waals surface area contributed by atoms with Gasteiger partial charge in [-0.05, 0) is 22.5 Å². The van der Waals surface area contributed by atoms with E-state index in [1.165, 1.54) is 0 Å². The van der Waals surface area contributed by atoms with Crippen molar-refractivity contribution in [3.63, 3.8) is 0 Å². The Balaban J connectivity index is 0. The Labute approximate surface area is 175 Å². The SMILES string of the molecule is CCO.O.O.O[Si](c1ccccc1)(c1ccccc1)c1ccccc1.[Zr]. The van der Waals surface area contributed by atoms with Gasteiger partial charge >= 0.3 is 0 Å². The molecule has 0 fully saturated rings. The molecule has 0 aliphatic heterocycles. The molecule has 0 amide bonds. The number of hydrogen-bond acceptors (Lipinski definition) is 2. The largest absolute Gasteiger partial charge is 0.421 e. The zero-order valence-corrected chi connectivity index (χ0v) is 18.2. The average Bonchev–Trinajstić information content (AvgIpc) is 2.64. The van der Waals surface area contributed by atoms with Crippen LogP contribution in [0.5, 0.6) is 0 Å². The topological polar surface area (TPSA) is 103 Å². The minimum atomic E-state index is -2.88. The fraction of sp³-hybridized carbons (Fsp3) is 0.100. The van der Waals surface area contributed by atoms with Crippen LogP contribution in [0.25, 0.3) is 0 Å². The Morgan fingerprint density at radius 3 is 1.00 bits per heavy atom. The fourth-order valence-electron chi connectivity index (χ4n) is 2.54. The predicted octanol–water partition coefficient (Wildman–Crippen LogP) is -0.00750. The number of hydrogen-bond donors (Lipinski definition) is 2. The summed E-state index contributed by atoms with van der Waals surface area (Å²) in [5.74, 6) is 0. The third-order valence-corrected chi connectivity index (χ3v) is 7.08. The molecule has 0 bridgehead atoms. The monoisotopic (exact) mass is 448 g/mol. The van der Waals surface area contributed by atoms with Crippen LogP contribution in [0, 0.1) is 0 Å². The van der Waals surface area contributed by atoms with Gasteiger partial charge in [0.15, 0.2) is 0 Å². The number of rotatable bonds is 3. The third kappa shape index (κ3) is 6.40. The van der Waals surface area contributed by atoms with Crippen molar-refractivity contribution in [3.8, 4) is 0 Å². The first kappa shape index (κ1) is 26.8. The summed E-state index contributed by atoms with van der Waals surface area (Å²) < 4.78 is 0. The number of aliphatic hydroxyl groups excluding tert-OH is 1. The van der Waals surface area contributed by atoms with Crippen molar-refractivity contribution in [2.75, 3.05) is 6.61 Å². The summed E-state index contributed by atoms with van der Waals surface area (Å²) in [6, 6.07) is 30.0. The summed E-state index contributed by atoms with van der Waals surface area (Å²) >= 11 is 0. The van der Waals surface area contributed by atoms with E-state index in [1.807, 2.05) is 91.0 Å². The smallest absolute Gasteiger partial charge is 0.285 e. The molecule has 0 atom stereocenters. The van der Waals surface area contributed by atoms with Gasteiger partial charge in [0.05, 0.1) is 0 Å². The maximum Gasteiger partial charge on any atom is 0.285 e. The van der Waals surface area contributed by atoms with E-state index in [4.69, 9.17) is 5.11 Å². The summed E-state index contributed by atoms with van der Waals surface area (Å²) in [5, 5.41) is 10.6. The molecule has 4 nitrogen and oxygen atoms in total. The molecule has 0 radical (unpaired) electrons. The molecule has 0 aromatic heterocycles. The van der Waals surface area contributed by atoms with Crippen LogP contribution in [0.1, 0.15) is 6.92 Å². The Morgan fingerprint density at radius 2 is 0.808 bits per heavy atom. The minimum absolute atomic E-state index is 0. The second kappa shape index (κ2) is 13.8. The van der Waals surface area contributed by atoms with Crippen LogP contribution in [0.4, 0.5) is 0 Å². The molecule has 0 aliphatic rings. The van der Waals surface area contributed by atoms with Gasteiger partial charge in [-0.1, -0.05) is 91.0 Å². The van der Waals surface area contributed by atoms with E-state index in [2.05, 4.69) is 0 Å². The van der Waals surface area contributed by atoms with Crippen molar-refractivity contribution < 1.29 is 47.1 Å². The molecule has 0 saturated heterocycles. The maximum absolute atomic E-state index is 11.6. The molecule has 0 saturated carbocycles. The van der Waals surface area contributed by atoms with Gasteiger partial charge in [-0.25, -0.2) is 0 Å². The van der Waals surface area contributed by atoms with Crippen LogP contribution in [-0.2, 0) is 26.2 Å². The van der Waals surface area contributed by atoms with Gasteiger partial charge in [-0.15, -0.1) is 0 Å². The van der Waals surface area contributed by atoms with Crippen LogP contribution in [0.2, 0.25) is 0 Å². The molecule has 3 aromatic carbocycles. The Morgan fingerprint density at radius 1 is 0.615 bits per heavy atom. The Bertz CT molecular complexity index is 600. The van der Waals surface area contributed by atoms with Crippen molar-refractivity contribution in [1.82, 2.24) is 0 Å². The van der Waals surface area contributed by atoms with Crippen LogP contribution in [-0.4, -0.2) is 35.8 Å². The van der Waals surface area contributed by atoms with Crippen molar-refractivity contribution in [2.24, 2.45) is 0 Å². The summed E-state index contributed by atoms with van der Waals surface area (Å²) in [5.41, 5.74) is 0. The third-order valence-electron chi connectivity index (χ3n) is 3.57. The molecule has 26 heavy (non-hydrogen) atoms. The summed E-state index contributed by atoms with van der Waals surface area (Å²) in [6.07, 6.45) is 0. The number of benzene rings is 3. The van der Waals surface area contributed by atoms with Gasteiger partial charge in [0.2, 0.25) is 0 Å². The van der Waals surface area contributed by atoms with E-state index >= 15 is 0 Å². The molecule has 3 rings (SSSR count). The summed E-state index contributed by atoms with van der Waals surface area (Å²) in [4.78, 5) is 11.6. The molecular weight excluding hydrogens is 424 g/mol. The first-order chi connectivity index (χ1) is 11.2. The molecule has 6 N–H and O–H groups in total. The van der Waals surface area contributed by atoms with Gasteiger partial charge in [-0.3, -0.25) is 0 Å². The van der Waals surface area contributed by atoms with Gasteiger partial charge in [0.1, 0.15) is 0 Å². The van der Waals surface area contributed by atoms with Crippen molar-refractivity contribution in [3.05, 3.63) is 91.0 Å². The van der Waals surface area contributed by atoms with Gasteiger partial charge in [0, 0.05) is 32.8 Å². The zero-order chi connectivity index (χ0) is 16.5. The molecule has 0 spiro atoms. The van der Waals surface area contributed by atoms with Crippen LogP contribution in [0.3, 0.4) is 0 Å². The molecule has 0 aliphatic carbocycles. The summed E-state index contributed by atoms with van der Waals surface area (Å²) in [7, 11) is -2.88. The van der Waals surface area contributed by atoms with E-state index in [0.717, 1.165) is 15.6 Å². The zero-order valence-electron chi connectivity index (χ0n) is 14.8. The first-order valence-corrected chi connectivity index (χ1v) is 9.68. The van der Waals surface area contributed by atoms with Gasteiger partial charge in [-0.2, -0.15) is 0 Å². The van der Waals surface area contributed by atoms with E-state index in [-0.39, 0.29) is 43.8 Å². The molecule has 138 valence electrons. The predicted molar refractivity (Wildman–Crippen MR) is 106 cm³/mol. The van der Waals surface area contributed by atoms with Crippen molar-refractivity contribution in [1.29, 1.82) is 0 Å². The number of aliphatic hydroxyl groups is 1. The molecule has 0 heterocycles. The molecule has 6 heteroatoms. The second-order valence-corrected chi connectivity index (χ2v) is 8.28. The van der Waals surface area contributed by atoms with E-state index < -0.39 is 8.32 Å². The Hall–Kier alpha value is -1.40. The van der Waals surface area contributed by atoms with Crippen LogP contribution in [0.15, 0.2) is 91.0 Å². The van der Waals surface area contributed by atoms with Crippen molar-refractivity contribution in [2.45, 2.75) is 6.92 Å². The molecular formula is C20H26O4SiZr. The Kier molecular flexibility index (Phi) is 14.2. The normalized spacial score (nSPS) is 9.35. The standard InChI is InChI=1S/C18H16OSi.C2H6O.2H2O.Zr/c19-20(16-10-4-1-5-11-16,17-12-6-2-7-13-17)18-14-8-3-9-15-18;1-2-3;;;/h1-15,19H;3H,2H2,1H3;2*1H2;. The van der Waals surface area contributed by atoms with E-state index in [1.54, 1.807) is 6.92 Å². The van der Waals surface area contributed by atoms with Crippen LogP contribution < -0.4 is 15.6 Å². The first-order valence-electron chi connectivity index (χ1n) is 7.73. The fourth-order valence-corrected chi connectivity index (χ4v) is 5.56. The minimum Gasteiger partial charge on any atom is -0.421 e. The summed E-state index contributed by atoms with van der Waals surface area (Å²) in [6.45, 7) is 1.93. The molecule has 0 unspecified atom stereocenters. The van der Waals surface area contributed by atoms with E-state index in [9.17, 15) is 4.80 Å². The van der Waals surface area contributed by atoms with Crippen molar-refractivity contribution >= 4 is 23.9 Å². The quantitative estimate of drug-likeness (QED) is 0.434. The maximum atomic E-state index is 11.6. The average molecular weight is 450 g/mol. The van der Waals surface area contributed by atoms with Gasteiger partial charge < -0.3 is 20.9 Å². The molecule has 3 aromatic rings. The second-order valence-electron chi connectivity index (χ2n) is 5.12.